The summed E-state index contributed by atoms with van der Waals surface area (Å²) in [7, 11) is 0. The minimum atomic E-state index is -1.39. The van der Waals surface area contributed by atoms with Crippen molar-refractivity contribution in [3.63, 3.8) is 0 Å². The SMILES string of the molecule is CC(C)(C)OC(=O)C([O])Cc1c[nH]c2ccccc12. The van der Waals surface area contributed by atoms with Gasteiger partial charge in [-0.25, -0.2) is 9.90 Å². The van der Waals surface area contributed by atoms with Gasteiger partial charge in [-0.2, -0.15) is 0 Å². The van der Waals surface area contributed by atoms with Gasteiger partial charge < -0.3 is 9.72 Å². The van der Waals surface area contributed by atoms with Crippen LogP contribution in [0, 0.1) is 0 Å². The van der Waals surface area contributed by atoms with Crippen molar-refractivity contribution in [2.75, 3.05) is 0 Å². The smallest absolute Gasteiger partial charge is 0.339 e. The number of carbonyl (C=O) groups excluding carboxylic acids is 1. The summed E-state index contributed by atoms with van der Waals surface area (Å²) in [5.41, 5.74) is 1.19. The Morgan fingerprint density at radius 3 is 2.68 bits per heavy atom. The number of esters is 1. The standard InChI is InChI=1S/C15H18NO3/c1-15(2,3)19-14(18)13(17)8-10-9-16-12-7-5-4-6-11(10)12/h4-7,9,13,16H,8H2,1-3H3. The van der Waals surface area contributed by atoms with E-state index in [2.05, 4.69) is 4.98 Å². The average Bonchev–Trinajstić information content (AvgIpc) is 2.70. The van der Waals surface area contributed by atoms with Gasteiger partial charge in [-0.3, -0.25) is 0 Å². The van der Waals surface area contributed by atoms with Gasteiger partial charge in [-0.15, -0.1) is 0 Å². The third-order valence-corrected chi connectivity index (χ3v) is 2.75. The van der Waals surface area contributed by atoms with E-state index in [1.165, 1.54) is 0 Å². The van der Waals surface area contributed by atoms with Gasteiger partial charge in [0.25, 0.3) is 0 Å². The second-order valence-electron chi connectivity index (χ2n) is 5.59. The van der Waals surface area contributed by atoms with Crippen LogP contribution in [-0.4, -0.2) is 22.7 Å². The summed E-state index contributed by atoms with van der Waals surface area (Å²) in [6, 6.07) is 7.70. The molecule has 1 aromatic carbocycles. The summed E-state index contributed by atoms with van der Waals surface area (Å²) in [5.74, 6) is -0.696. The van der Waals surface area contributed by atoms with E-state index in [0.29, 0.717) is 0 Å². The largest absolute Gasteiger partial charge is 0.458 e. The quantitative estimate of drug-likeness (QED) is 0.862. The molecule has 4 nitrogen and oxygen atoms in total. The van der Waals surface area contributed by atoms with E-state index in [1.54, 1.807) is 27.0 Å². The average molecular weight is 260 g/mol. The van der Waals surface area contributed by atoms with E-state index >= 15 is 0 Å². The Morgan fingerprint density at radius 1 is 1.32 bits per heavy atom. The number of hydrogen-bond acceptors (Lipinski definition) is 2. The van der Waals surface area contributed by atoms with Crippen molar-refractivity contribution in [3.05, 3.63) is 36.0 Å². The molecule has 0 spiro atoms. The van der Waals surface area contributed by atoms with Crippen molar-refractivity contribution in [2.45, 2.75) is 38.9 Å². The first-order chi connectivity index (χ1) is 8.87. The number of H-pyrrole nitrogens is 1. The molecule has 0 saturated heterocycles. The molecule has 2 aromatic rings. The summed E-state index contributed by atoms with van der Waals surface area (Å²) in [6.07, 6.45) is 0.525. The van der Waals surface area contributed by atoms with Crippen LogP contribution < -0.4 is 0 Å². The molecule has 0 amide bonds. The molecule has 1 aromatic heterocycles. The van der Waals surface area contributed by atoms with Crippen LogP contribution >= 0.6 is 0 Å². The number of fused-ring (bicyclic) bond motifs is 1. The van der Waals surface area contributed by atoms with Gasteiger partial charge in [-0.1, -0.05) is 18.2 Å². The highest BCUT2D eigenvalue weighted by Gasteiger charge is 2.25. The number of ether oxygens (including phenoxy) is 1. The summed E-state index contributed by atoms with van der Waals surface area (Å²) in [4.78, 5) is 14.8. The zero-order valence-electron chi connectivity index (χ0n) is 11.4. The molecule has 1 atom stereocenters. The van der Waals surface area contributed by atoms with Gasteiger partial charge in [-0.05, 0) is 32.4 Å². The minimum Gasteiger partial charge on any atom is -0.458 e. The van der Waals surface area contributed by atoms with E-state index in [4.69, 9.17) is 4.74 Å². The van der Waals surface area contributed by atoms with E-state index in [0.717, 1.165) is 16.5 Å². The van der Waals surface area contributed by atoms with Crippen LogP contribution in [0.1, 0.15) is 26.3 Å². The third kappa shape index (κ3) is 3.35. The number of hydrogen-bond donors (Lipinski definition) is 1. The topological polar surface area (TPSA) is 62.0 Å². The highest BCUT2D eigenvalue weighted by Crippen LogP contribution is 2.20. The van der Waals surface area contributed by atoms with Gasteiger partial charge in [0.15, 0.2) is 6.10 Å². The van der Waals surface area contributed by atoms with Crippen LogP contribution in [0.4, 0.5) is 0 Å². The van der Waals surface area contributed by atoms with Gasteiger partial charge in [0.2, 0.25) is 0 Å². The lowest BCUT2D eigenvalue weighted by Gasteiger charge is -2.20. The second kappa shape index (κ2) is 5.05. The molecule has 0 aliphatic rings. The molecular formula is C15H18NO3. The molecule has 1 radical (unpaired) electrons. The summed E-state index contributed by atoms with van der Waals surface area (Å²) >= 11 is 0. The van der Waals surface area contributed by atoms with Gasteiger partial charge >= 0.3 is 5.97 Å². The number of carbonyl (C=O) groups is 1. The van der Waals surface area contributed by atoms with Crippen molar-refractivity contribution in [3.8, 4) is 0 Å². The lowest BCUT2D eigenvalue weighted by Crippen LogP contribution is -2.32. The van der Waals surface area contributed by atoms with Gasteiger partial charge in [0, 0.05) is 23.5 Å². The fourth-order valence-electron chi connectivity index (χ4n) is 1.95. The Balaban J connectivity index is 2.10. The van der Waals surface area contributed by atoms with Crippen LogP contribution in [0.15, 0.2) is 30.5 Å². The molecule has 0 aliphatic carbocycles. The second-order valence-corrected chi connectivity index (χ2v) is 5.59. The van der Waals surface area contributed by atoms with Crippen molar-refractivity contribution in [1.82, 2.24) is 4.98 Å². The van der Waals surface area contributed by atoms with E-state index in [-0.39, 0.29) is 6.42 Å². The fraction of sp³-hybridized carbons (Fsp3) is 0.400. The number of aromatic amines is 1. The Morgan fingerprint density at radius 2 is 2.00 bits per heavy atom. The lowest BCUT2D eigenvalue weighted by atomic mass is 10.1. The van der Waals surface area contributed by atoms with Gasteiger partial charge in [0.05, 0.1) is 0 Å². The molecule has 0 fully saturated rings. The molecule has 1 N–H and O–H groups in total. The Labute approximate surface area is 112 Å². The highest BCUT2D eigenvalue weighted by molar-refractivity contribution is 5.84. The first-order valence-corrected chi connectivity index (χ1v) is 6.30. The van der Waals surface area contributed by atoms with Crippen molar-refractivity contribution in [2.24, 2.45) is 0 Å². The number of para-hydroxylation sites is 1. The van der Waals surface area contributed by atoms with Crippen molar-refractivity contribution < 1.29 is 14.6 Å². The van der Waals surface area contributed by atoms with Crippen molar-refractivity contribution >= 4 is 16.9 Å². The molecule has 4 heteroatoms. The molecule has 0 aliphatic heterocycles. The monoisotopic (exact) mass is 260 g/mol. The Hall–Kier alpha value is -1.81. The number of nitrogens with one attached hydrogen (secondary N) is 1. The molecule has 101 valence electrons. The molecule has 1 heterocycles. The molecular weight excluding hydrogens is 242 g/mol. The van der Waals surface area contributed by atoms with E-state index < -0.39 is 17.7 Å². The normalized spacial score (nSPS) is 13.5. The Bertz CT molecular complexity index is 580. The minimum absolute atomic E-state index is 0.138. The van der Waals surface area contributed by atoms with Gasteiger partial charge in [0.1, 0.15) is 5.60 Å². The first-order valence-electron chi connectivity index (χ1n) is 6.30. The maximum Gasteiger partial charge on any atom is 0.339 e. The van der Waals surface area contributed by atoms with E-state index in [9.17, 15) is 9.90 Å². The van der Waals surface area contributed by atoms with Crippen LogP contribution in [0.2, 0.25) is 0 Å². The maximum absolute atomic E-state index is 11.9. The molecule has 0 saturated carbocycles. The third-order valence-electron chi connectivity index (χ3n) is 2.75. The molecule has 1 unspecified atom stereocenters. The number of aromatic nitrogens is 1. The number of benzene rings is 1. The van der Waals surface area contributed by atoms with Crippen LogP contribution in [0.25, 0.3) is 10.9 Å². The van der Waals surface area contributed by atoms with Crippen LogP contribution in [0.3, 0.4) is 0 Å². The zero-order valence-corrected chi connectivity index (χ0v) is 11.4. The predicted molar refractivity (Wildman–Crippen MR) is 72.3 cm³/mol. The lowest BCUT2D eigenvalue weighted by molar-refractivity contribution is -0.168. The zero-order chi connectivity index (χ0) is 14.0. The molecule has 0 bridgehead atoms. The van der Waals surface area contributed by atoms with Crippen molar-refractivity contribution in [1.29, 1.82) is 0 Å². The summed E-state index contributed by atoms with van der Waals surface area (Å²) in [6.45, 7) is 5.26. The van der Waals surface area contributed by atoms with Crippen LogP contribution in [-0.2, 0) is 21.1 Å². The maximum atomic E-state index is 11.9. The Kier molecular flexibility index (Phi) is 3.62. The predicted octanol–water partition coefficient (Wildman–Crippen LogP) is 2.85. The summed E-state index contributed by atoms with van der Waals surface area (Å²) < 4.78 is 5.10. The van der Waals surface area contributed by atoms with E-state index in [1.807, 2.05) is 24.3 Å². The highest BCUT2D eigenvalue weighted by atomic mass is 16.6. The fourth-order valence-corrected chi connectivity index (χ4v) is 1.95. The molecule has 2 rings (SSSR count). The summed E-state index contributed by atoms with van der Waals surface area (Å²) in [5, 5.41) is 12.9. The van der Waals surface area contributed by atoms with Crippen LogP contribution in [0.5, 0.6) is 0 Å². The number of rotatable bonds is 3. The first kappa shape index (κ1) is 13.6. The molecule has 19 heavy (non-hydrogen) atoms.